The van der Waals surface area contributed by atoms with Crippen LogP contribution in [0.5, 0.6) is 0 Å². The topological polar surface area (TPSA) is 9.23 Å². The third-order valence-corrected chi connectivity index (χ3v) is 4.98. The van der Waals surface area contributed by atoms with Gasteiger partial charge in [-0.05, 0) is 36.5 Å². The summed E-state index contributed by atoms with van der Waals surface area (Å²) in [6.07, 6.45) is 4.59. The highest BCUT2D eigenvalue weighted by Crippen LogP contribution is 2.34. The van der Waals surface area contributed by atoms with Crippen LogP contribution < -0.4 is 0 Å². The van der Waals surface area contributed by atoms with Crippen LogP contribution in [0.15, 0.2) is 43.0 Å². The molecular formula is C22H23F3O. The van der Waals surface area contributed by atoms with E-state index in [9.17, 15) is 13.2 Å². The number of benzene rings is 2. The highest BCUT2D eigenvalue weighted by Gasteiger charge is 2.23. The van der Waals surface area contributed by atoms with Gasteiger partial charge in [-0.1, -0.05) is 43.7 Å². The lowest BCUT2D eigenvalue weighted by Gasteiger charge is -2.27. The zero-order valence-corrected chi connectivity index (χ0v) is 14.9. The lowest BCUT2D eigenvalue weighted by Crippen LogP contribution is -2.19. The van der Waals surface area contributed by atoms with Gasteiger partial charge < -0.3 is 4.74 Å². The fourth-order valence-electron chi connectivity index (χ4n) is 3.43. The number of hydrogen-bond acceptors (Lipinski definition) is 1. The van der Waals surface area contributed by atoms with E-state index in [0.29, 0.717) is 30.9 Å². The second-order valence-electron chi connectivity index (χ2n) is 6.78. The SMILES string of the molecule is C=CC1CCC(c2ccc(-c3ccc(CCC)c(F)c3F)c(F)c2)OC1. The number of rotatable bonds is 5. The smallest absolute Gasteiger partial charge is 0.167 e. The summed E-state index contributed by atoms with van der Waals surface area (Å²) in [7, 11) is 0. The van der Waals surface area contributed by atoms with Gasteiger partial charge in [-0.15, -0.1) is 6.58 Å². The molecule has 1 heterocycles. The Bertz CT molecular complexity index is 792. The quantitative estimate of drug-likeness (QED) is 0.562. The average Bonchev–Trinajstić information content (AvgIpc) is 2.66. The van der Waals surface area contributed by atoms with Gasteiger partial charge in [-0.3, -0.25) is 0 Å². The van der Waals surface area contributed by atoms with Crippen LogP contribution in [0.2, 0.25) is 0 Å². The molecule has 0 saturated carbocycles. The van der Waals surface area contributed by atoms with E-state index in [1.54, 1.807) is 6.07 Å². The Balaban J connectivity index is 1.87. The van der Waals surface area contributed by atoms with Gasteiger partial charge in [-0.25, -0.2) is 13.2 Å². The second kappa shape index (κ2) is 8.09. The molecule has 2 aromatic rings. The van der Waals surface area contributed by atoms with Gasteiger partial charge in [0.15, 0.2) is 11.6 Å². The van der Waals surface area contributed by atoms with E-state index in [-0.39, 0.29) is 17.2 Å². The first kappa shape index (κ1) is 18.7. The molecule has 0 aromatic heterocycles. The molecule has 3 rings (SSSR count). The Labute approximate surface area is 152 Å². The molecule has 1 nitrogen and oxygen atoms in total. The normalized spacial score (nSPS) is 20.2. The van der Waals surface area contributed by atoms with Gasteiger partial charge in [0.05, 0.1) is 12.7 Å². The van der Waals surface area contributed by atoms with Crippen molar-refractivity contribution >= 4 is 0 Å². The molecule has 0 aliphatic carbocycles. The molecule has 4 heteroatoms. The van der Waals surface area contributed by atoms with Crippen molar-refractivity contribution in [2.45, 2.75) is 38.7 Å². The molecule has 138 valence electrons. The first-order valence-electron chi connectivity index (χ1n) is 9.06. The van der Waals surface area contributed by atoms with Crippen LogP contribution in [0.4, 0.5) is 13.2 Å². The summed E-state index contributed by atoms with van der Waals surface area (Å²) in [5.41, 5.74) is 1.05. The van der Waals surface area contributed by atoms with E-state index in [2.05, 4.69) is 6.58 Å². The summed E-state index contributed by atoms with van der Waals surface area (Å²) in [5, 5.41) is 0. The van der Waals surface area contributed by atoms with Gasteiger partial charge in [0.25, 0.3) is 0 Å². The monoisotopic (exact) mass is 360 g/mol. The van der Waals surface area contributed by atoms with Crippen LogP contribution >= 0.6 is 0 Å². The van der Waals surface area contributed by atoms with Crippen LogP contribution in [0.3, 0.4) is 0 Å². The minimum absolute atomic E-state index is 0.0531. The van der Waals surface area contributed by atoms with Crippen molar-refractivity contribution in [3.8, 4) is 11.1 Å². The Kier molecular flexibility index (Phi) is 5.82. The summed E-state index contributed by atoms with van der Waals surface area (Å²) in [6, 6.07) is 7.59. The number of aryl methyl sites for hydroxylation is 1. The van der Waals surface area contributed by atoms with Crippen LogP contribution in [0, 0.1) is 23.4 Å². The van der Waals surface area contributed by atoms with Crippen molar-refractivity contribution in [3.05, 3.63) is 71.6 Å². The lowest BCUT2D eigenvalue weighted by molar-refractivity contribution is -0.00528. The number of halogens is 3. The largest absolute Gasteiger partial charge is 0.373 e. The maximum Gasteiger partial charge on any atom is 0.167 e. The molecule has 1 aliphatic rings. The molecule has 2 unspecified atom stereocenters. The van der Waals surface area contributed by atoms with E-state index >= 15 is 0 Å². The summed E-state index contributed by atoms with van der Waals surface area (Å²) >= 11 is 0. The molecule has 26 heavy (non-hydrogen) atoms. The predicted molar refractivity (Wildman–Crippen MR) is 97.4 cm³/mol. The van der Waals surface area contributed by atoms with E-state index in [1.165, 1.54) is 24.3 Å². The summed E-state index contributed by atoms with van der Waals surface area (Å²) in [4.78, 5) is 0. The zero-order chi connectivity index (χ0) is 18.7. The van der Waals surface area contributed by atoms with Gasteiger partial charge in [0.1, 0.15) is 5.82 Å². The molecule has 0 bridgehead atoms. The Morgan fingerprint density at radius 1 is 1.08 bits per heavy atom. The zero-order valence-electron chi connectivity index (χ0n) is 14.9. The maximum absolute atomic E-state index is 14.6. The first-order valence-corrected chi connectivity index (χ1v) is 9.06. The van der Waals surface area contributed by atoms with Gasteiger partial charge >= 0.3 is 0 Å². The van der Waals surface area contributed by atoms with Crippen molar-refractivity contribution in [3.63, 3.8) is 0 Å². The third-order valence-electron chi connectivity index (χ3n) is 4.98. The number of hydrogen-bond donors (Lipinski definition) is 0. The van der Waals surface area contributed by atoms with Gasteiger partial charge in [0, 0.05) is 17.0 Å². The minimum atomic E-state index is -0.995. The van der Waals surface area contributed by atoms with Crippen molar-refractivity contribution in [1.82, 2.24) is 0 Å². The van der Waals surface area contributed by atoms with Gasteiger partial charge in [0.2, 0.25) is 0 Å². The molecule has 2 aromatic carbocycles. The molecule has 0 radical (unpaired) electrons. The van der Waals surface area contributed by atoms with E-state index in [0.717, 1.165) is 18.4 Å². The molecular weight excluding hydrogens is 337 g/mol. The molecule has 1 saturated heterocycles. The van der Waals surface area contributed by atoms with Gasteiger partial charge in [-0.2, -0.15) is 0 Å². The Hall–Kier alpha value is -2.07. The van der Waals surface area contributed by atoms with Crippen molar-refractivity contribution in [2.75, 3.05) is 6.61 Å². The standard InChI is InChI=1S/C22H23F3O/c1-3-5-15-7-10-18(22(25)21(15)24)17-9-8-16(12-19(17)23)20-11-6-14(4-2)13-26-20/h4,7-10,12,14,20H,2-3,5-6,11,13H2,1H3. The molecule has 2 atom stereocenters. The fraction of sp³-hybridized carbons (Fsp3) is 0.364. The van der Waals surface area contributed by atoms with E-state index in [4.69, 9.17) is 4.74 Å². The van der Waals surface area contributed by atoms with Crippen molar-refractivity contribution in [2.24, 2.45) is 5.92 Å². The minimum Gasteiger partial charge on any atom is -0.373 e. The molecule has 0 amide bonds. The van der Waals surface area contributed by atoms with Crippen LogP contribution in [0.1, 0.15) is 43.4 Å². The molecule has 1 aliphatic heterocycles. The fourth-order valence-corrected chi connectivity index (χ4v) is 3.43. The molecule has 1 fully saturated rings. The maximum atomic E-state index is 14.6. The van der Waals surface area contributed by atoms with Crippen LogP contribution in [0.25, 0.3) is 11.1 Å². The average molecular weight is 360 g/mol. The van der Waals surface area contributed by atoms with Crippen LogP contribution in [-0.2, 0) is 11.2 Å². The Morgan fingerprint density at radius 3 is 2.46 bits per heavy atom. The predicted octanol–water partition coefficient (Wildman–Crippen LogP) is 6.38. The lowest BCUT2D eigenvalue weighted by atomic mass is 9.93. The number of ether oxygens (including phenoxy) is 1. The summed E-state index contributed by atoms with van der Waals surface area (Å²) in [5.74, 6) is -2.13. The molecule has 0 N–H and O–H groups in total. The first-order chi connectivity index (χ1) is 12.5. The summed E-state index contributed by atoms with van der Waals surface area (Å²) in [6.45, 7) is 6.23. The highest BCUT2D eigenvalue weighted by molar-refractivity contribution is 5.66. The van der Waals surface area contributed by atoms with Crippen molar-refractivity contribution < 1.29 is 17.9 Å². The van der Waals surface area contributed by atoms with E-state index in [1.807, 2.05) is 13.0 Å². The van der Waals surface area contributed by atoms with Crippen LogP contribution in [-0.4, -0.2) is 6.61 Å². The second-order valence-corrected chi connectivity index (χ2v) is 6.78. The highest BCUT2D eigenvalue weighted by atomic mass is 19.2. The Morgan fingerprint density at radius 2 is 1.85 bits per heavy atom. The molecule has 0 spiro atoms. The van der Waals surface area contributed by atoms with E-state index < -0.39 is 17.5 Å². The van der Waals surface area contributed by atoms with Crippen molar-refractivity contribution in [1.29, 1.82) is 0 Å². The summed E-state index contributed by atoms with van der Waals surface area (Å²) < 4.78 is 49.0. The third kappa shape index (κ3) is 3.70.